The molecule has 136 valence electrons. The van der Waals surface area contributed by atoms with Crippen LogP contribution in [0.5, 0.6) is 11.5 Å². The first-order chi connectivity index (χ1) is 12.5. The number of nitrogens with one attached hydrogen (secondary N) is 1. The molecule has 0 radical (unpaired) electrons. The number of pyridine rings is 1. The normalized spacial score (nSPS) is 16.7. The highest BCUT2D eigenvalue weighted by molar-refractivity contribution is 5.89. The van der Waals surface area contributed by atoms with E-state index in [0.717, 1.165) is 29.4 Å². The summed E-state index contributed by atoms with van der Waals surface area (Å²) in [5.41, 5.74) is 2.03. The van der Waals surface area contributed by atoms with Gasteiger partial charge in [0.05, 0.1) is 25.2 Å². The molecule has 2 aromatic rings. The van der Waals surface area contributed by atoms with Crippen LogP contribution in [0.2, 0.25) is 0 Å². The number of rotatable bonds is 5. The molecule has 3 rings (SSSR count). The molecule has 1 atom stereocenters. The van der Waals surface area contributed by atoms with Crippen molar-refractivity contribution in [1.82, 2.24) is 15.2 Å². The van der Waals surface area contributed by atoms with E-state index in [4.69, 9.17) is 4.74 Å². The van der Waals surface area contributed by atoms with E-state index in [1.54, 1.807) is 6.20 Å². The molecule has 0 fully saturated rings. The molecule has 6 nitrogen and oxygen atoms in total. The predicted octanol–water partition coefficient (Wildman–Crippen LogP) is 3.90. The Morgan fingerprint density at radius 1 is 1.15 bits per heavy atom. The monoisotopic (exact) mass is 351 g/mol. The van der Waals surface area contributed by atoms with Crippen LogP contribution in [0.15, 0.2) is 52.6 Å². The van der Waals surface area contributed by atoms with E-state index in [-0.39, 0.29) is 6.04 Å². The summed E-state index contributed by atoms with van der Waals surface area (Å²) in [6.07, 6.45) is 3.57. The van der Waals surface area contributed by atoms with Gasteiger partial charge in [0.2, 0.25) is 5.96 Å². The Kier molecular flexibility index (Phi) is 5.51. The lowest BCUT2D eigenvalue weighted by atomic mass is 10.1. The lowest BCUT2D eigenvalue weighted by Gasteiger charge is -2.28. The molecule has 1 aromatic heterocycles. The molecule has 6 heteroatoms. The minimum Gasteiger partial charge on any atom is -0.456 e. The molecular weight excluding hydrogens is 326 g/mol. The van der Waals surface area contributed by atoms with Gasteiger partial charge in [0.1, 0.15) is 11.5 Å². The molecule has 1 aromatic carbocycles. The standard InChI is InChI=1S/C20H25N5O/c1-14(2)25-12-22-20(23-13-25)24-16(4)17-6-5-7-18(10-17)26-19-9-8-15(3)21-11-19/h5-12,14,16H,13H2,1-4H3,(H,23,24)/t16-/m0/s1. The molecule has 1 aliphatic rings. The molecule has 0 aliphatic carbocycles. The Bertz CT molecular complexity index is 798. The van der Waals surface area contributed by atoms with Crippen LogP contribution in [-0.4, -0.2) is 34.9 Å². The Morgan fingerprint density at radius 3 is 2.65 bits per heavy atom. The summed E-state index contributed by atoms with van der Waals surface area (Å²) in [5.74, 6) is 2.15. The average Bonchev–Trinajstić information content (AvgIpc) is 2.64. The summed E-state index contributed by atoms with van der Waals surface area (Å²) in [7, 11) is 0. The van der Waals surface area contributed by atoms with Crippen molar-refractivity contribution in [1.29, 1.82) is 0 Å². The second kappa shape index (κ2) is 7.99. The van der Waals surface area contributed by atoms with Gasteiger partial charge in [-0.05, 0) is 57.5 Å². The quantitative estimate of drug-likeness (QED) is 0.887. The highest BCUT2D eigenvalue weighted by Crippen LogP contribution is 2.26. The molecule has 2 heterocycles. The Morgan fingerprint density at radius 2 is 2.00 bits per heavy atom. The van der Waals surface area contributed by atoms with Crippen LogP contribution in [0.3, 0.4) is 0 Å². The van der Waals surface area contributed by atoms with E-state index in [1.807, 2.05) is 56.6 Å². The van der Waals surface area contributed by atoms with E-state index in [1.165, 1.54) is 0 Å². The summed E-state index contributed by atoms with van der Waals surface area (Å²) in [4.78, 5) is 15.4. The van der Waals surface area contributed by atoms with Crippen molar-refractivity contribution >= 4 is 12.3 Å². The second-order valence-corrected chi connectivity index (χ2v) is 6.63. The molecule has 0 unspecified atom stereocenters. The van der Waals surface area contributed by atoms with Gasteiger partial charge < -0.3 is 15.0 Å². The first kappa shape index (κ1) is 17.9. The molecule has 0 spiro atoms. The summed E-state index contributed by atoms with van der Waals surface area (Å²) in [6.45, 7) is 8.98. The first-order valence-electron chi connectivity index (χ1n) is 8.83. The third kappa shape index (κ3) is 4.59. The smallest absolute Gasteiger partial charge is 0.221 e. The van der Waals surface area contributed by atoms with E-state index < -0.39 is 0 Å². The zero-order valence-corrected chi connectivity index (χ0v) is 15.7. The molecule has 0 bridgehead atoms. The third-order valence-electron chi connectivity index (χ3n) is 4.19. The lowest BCUT2D eigenvalue weighted by Crippen LogP contribution is -2.44. The fourth-order valence-electron chi connectivity index (χ4n) is 2.52. The number of ether oxygens (including phenoxy) is 1. The first-order valence-corrected chi connectivity index (χ1v) is 8.83. The van der Waals surface area contributed by atoms with E-state index in [0.29, 0.717) is 12.0 Å². The van der Waals surface area contributed by atoms with Gasteiger partial charge in [-0.2, -0.15) is 0 Å². The molecule has 0 saturated carbocycles. The van der Waals surface area contributed by atoms with Gasteiger partial charge in [-0.1, -0.05) is 12.1 Å². The zero-order chi connectivity index (χ0) is 18.5. The topological polar surface area (TPSA) is 62.1 Å². The summed E-state index contributed by atoms with van der Waals surface area (Å²) in [5, 5.41) is 3.25. The largest absolute Gasteiger partial charge is 0.456 e. The fraction of sp³-hybridized carbons (Fsp3) is 0.350. The van der Waals surface area contributed by atoms with E-state index in [9.17, 15) is 0 Å². The number of hydrogen-bond acceptors (Lipinski definition) is 4. The number of hydrogen-bond donors (Lipinski definition) is 1. The van der Waals surface area contributed by atoms with Crippen LogP contribution in [-0.2, 0) is 0 Å². The number of aliphatic imine (C=N–C) groups is 2. The van der Waals surface area contributed by atoms with Gasteiger partial charge in [0, 0.05) is 11.7 Å². The van der Waals surface area contributed by atoms with Gasteiger partial charge in [-0.15, -0.1) is 0 Å². The van der Waals surface area contributed by atoms with Gasteiger partial charge >= 0.3 is 0 Å². The van der Waals surface area contributed by atoms with Crippen LogP contribution >= 0.6 is 0 Å². The van der Waals surface area contributed by atoms with Gasteiger partial charge in [-0.25, -0.2) is 9.98 Å². The Balaban J connectivity index is 1.70. The number of aromatic nitrogens is 1. The van der Waals surface area contributed by atoms with Crippen molar-refractivity contribution in [3.8, 4) is 11.5 Å². The minimum absolute atomic E-state index is 0.0278. The zero-order valence-electron chi connectivity index (χ0n) is 15.7. The molecule has 1 N–H and O–H groups in total. The van der Waals surface area contributed by atoms with Crippen LogP contribution in [0.1, 0.15) is 38.1 Å². The number of nitrogens with zero attached hydrogens (tertiary/aromatic N) is 4. The Hall–Kier alpha value is -2.89. The molecule has 26 heavy (non-hydrogen) atoms. The molecule has 0 saturated heterocycles. The Labute approximate surface area is 154 Å². The van der Waals surface area contributed by atoms with Gasteiger partial charge in [-0.3, -0.25) is 4.98 Å². The number of aryl methyl sites for hydroxylation is 1. The molecule has 0 amide bonds. The summed E-state index contributed by atoms with van der Waals surface area (Å²) < 4.78 is 5.89. The van der Waals surface area contributed by atoms with Crippen LogP contribution in [0.25, 0.3) is 0 Å². The van der Waals surface area contributed by atoms with Crippen molar-refractivity contribution in [2.24, 2.45) is 9.98 Å². The lowest BCUT2D eigenvalue weighted by molar-refractivity contribution is 0.346. The maximum Gasteiger partial charge on any atom is 0.221 e. The van der Waals surface area contributed by atoms with Crippen LogP contribution in [0.4, 0.5) is 0 Å². The van der Waals surface area contributed by atoms with Crippen LogP contribution < -0.4 is 10.1 Å². The maximum absolute atomic E-state index is 5.89. The fourth-order valence-corrected chi connectivity index (χ4v) is 2.52. The average molecular weight is 351 g/mol. The molecular formula is C20H25N5O. The third-order valence-corrected chi connectivity index (χ3v) is 4.19. The molecule has 1 aliphatic heterocycles. The van der Waals surface area contributed by atoms with Crippen LogP contribution in [0, 0.1) is 6.92 Å². The van der Waals surface area contributed by atoms with E-state index >= 15 is 0 Å². The van der Waals surface area contributed by atoms with E-state index in [2.05, 4.69) is 39.0 Å². The highest BCUT2D eigenvalue weighted by atomic mass is 16.5. The SMILES string of the molecule is Cc1ccc(Oc2cccc([C@H](C)N=C3N=CN(C(C)C)CN3)c2)cn1. The number of guanidine groups is 1. The number of benzene rings is 1. The summed E-state index contributed by atoms with van der Waals surface area (Å²) >= 11 is 0. The van der Waals surface area contributed by atoms with Crippen molar-refractivity contribution in [2.75, 3.05) is 6.67 Å². The van der Waals surface area contributed by atoms with Crippen molar-refractivity contribution < 1.29 is 4.74 Å². The maximum atomic E-state index is 5.89. The minimum atomic E-state index is -0.0278. The summed E-state index contributed by atoms with van der Waals surface area (Å²) in [6, 6.07) is 12.2. The highest BCUT2D eigenvalue weighted by Gasteiger charge is 2.13. The van der Waals surface area contributed by atoms with Crippen molar-refractivity contribution in [3.63, 3.8) is 0 Å². The van der Waals surface area contributed by atoms with Gasteiger partial charge in [0.15, 0.2) is 0 Å². The second-order valence-electron chi connectivity index (χ2n) is 6.63. The predicted molar refractivity (Wildman–Crippen MR) is 105 cm³/mol. The van der Waals surface area contributed by atoms with Gasteiger partial charge in [0.25, 0.3) is 0 Å². The van der Waals surface area contributed by atoms with Crippen molar-refractivity contribution in [2.45, 2.75) is 39.8 Å². The van der Waals surface area contributed by atoms with Crippen molar-refractivity contribution in [3.05, 3.63) is 53.9 Å².